The zero-order chi connectivity index (χ0) is 23.5. The van der Waals surface area contributed by atoms with Gasteiger partial charge in [-0.3, -0.25) is 4.79 Å². The molecule has 2 aromatic carbocycles. The summed E-state index contributed by atoms with van der Waals surface area (Å²) in [6.45, 7) is -0.161. The number of nitrogen functional groups attached to an aromatic ring is 1. The lowest BCUT2D eigenvalue weighted by Gasteiger charge is -2.08. The molecule has 0 bridgehead atoms. The van der Waals surface area contributed by atoms with Crippen LogP contribution in [-0.2, 0) is 16.1 Å². The number of nitrogens with two attached hydrogens (primary N) is 1. The van der Waals surface area contributed by atoms with E-state index in [-0.39, 0.29) is 30.1 Å². The van der Waals surface area contributed by atoms with Gasteiger partial charge >= 0.3 is 5.97 Å². The molecule has 0 aliphatic heterocycles. The zero-order valence-electron chi connectivity index (χ0n) is 17.4. The van der Waals surface area contributed by atoms with Gasteiger partial charge in [0.1, 0.15) is 22.5 Å². The fourth-order valence-corrected chi connectivity index (χ4v) is 4.00. The van der Waals surface area contributed by atoms with Crippen molar-refractivity contribution in [3.05, 3.63) is 65.7 Å². The van der Waals surface area contributed by atoms with Crippen LogP contribution in [0.1, 0.15) is 5.82 Å². The second-order valence-electron chi connectivity index (χ2n) is 6.97. The van der Waals surface area contributed by atoms with Gasteiger partial charge in [-0.2, -0.15) is 15.0 Å². The van der Waals surface area contributed by atoms with Crippen molar-refractivity contribution in [1.29, 1.82) is 0 Å². The Morgan fingerprint density at radius 1 is 1.09 bits per heavy atom. The van der Waals surface area contributed by atoms with Gasteiger partial charge in [-0.15, -0.1) is 0 Å². The molecule has 3 heterocycles. The molecule has 0 spiro atoms. The van der Waals surface area contributed by atoms with Crippen LogP contribution in [0.15, 0.2) is 64.3 Å². The van der Waals surface area contributed by atoms with Crippen LogP contribution < -0.4 is 11.1 Å². The quantitative estimate of drug-likeness (QED) is 0.189. The fourth-order valence-electron chi connectivity index (χ4n) is 3.14. The third-order valence-electron chi connectivity index (χ3n) is 4.61. The molecular weight excluding hydrogens is 478 g/mol. The van der Waals surface area contributed by atoms with Crippen LogP contribution in [0.4, 0.5) is 17.6 Å². The maximum Gasteiger partial charge on any atom is 0.316 e. The number of nitrogens with zero attached hydrogens (tertiary/aromatic N) is 5. The number of para-hydroxylation sites is 1. The number of hydrogen-bond donors (Lipinski definition) is 2. The Kier molecular flexibility index (Phi) is 6.11. The molecule has 10 nitrogen and oxygen atoms in total. The molecule has 0 aliphatic carbocycles. The van der Waals surface area contributed by atoms with Crippen molar-refractivity contribution < 1.29 is 13.9 Å². The molecular formula is C22H16ClN7O3S. The predicted molar refractivity (Wildman–Crippen MR) is 129 cm³/mol. The number of nitrogens with one attached hydrogen (secondary N) is 1. The van der Waals surface area contributed by atoms with Crippen LogP contribution in [0.2, 0.25) is 5.02 Å². The number of benzene rings is 2. The molecule has 34 heavy (non-hydrogen) atoms. The standard InChI is InChI=1S/C22H16ClN7O3S/c23-12-5-7-13(8-6-12)27-22-29-16(28-21(24)30-22)9-32-17(31)10-34-20-19-18(25-11-26-20)14-3-1-2-4-15(14)33-19/h1-8,11H,9-10H2,(H3,24,27,28,29,30). The van der Waals surface area contributed by atoms with Gasteiger partial charge in [0, 0.05) is 16.1 Å². The van der Waals surface area contributed by atoms with E-state index >= 15 is 0 Å². The number of ether oxygens (including phenoxy) is 1. The largest absolute Gasteiger partial charge is 0.457 e. The first-order valence-corrected chi connectivity index (χ1v) is 11.4. The van der Waals surface area contributed by atoms with Crippen molar-refractivity contribution >= 4 is 69.0 Å². The molecule has 0 amide bonds. The van der Waals surface area contributed by atoms with Crippen molar-refractivity contribution in [2.24, 2.45) is 0 Å². The van der Waals surface area contributed by atoms with Crippen LogP contribution in [0.3, 0.4) is 0 Å². The summed E-state index contributed by atoms with van der Waals surface area (Å²) in [6, 6.07) is 14.6. The smallest absolute Gasteiger partial charge is 0.316 e. The van der Waals surface area contributed by atoms with Crippen LogP contribution in [0.25, 0.3) is 22.1 Å². The number of carbonyl (C=O) groups excluding carboxylic acids is 1. The SMILES string of the molecule is Nc1nc(COC(=O)CSc2ncnc3c2oc2ccccc23)nc(Nc2ccc(Cl)cc2)n1. The van der Waals surface area contributed by atoms with Gasteiger partial charge in [0.25, 0.3) is 0 Å². The second kappa shape index (κ2) is 9.49. The van der Waals surface area contributed by atoms with E-state index in [9.17, 15) is 4.79 Å². The molecule has 170 valence electrons. The number of thioether (sulfide) groups is 1. The normalized spacial score (nSPS) is 11.1. The van der Waals surface area contributed by atoms with E-state index in [1.807, 2.05) is 24.3 Å². The van der Waals surface area contributed by atoms with E-state index in [1.54, 1.807) is 24.3 Å². The first-order chi connectivity index (χ1) is 16.5. The molecule has 5 rings (SSSR count). The zero-order valence-corrected chi connectivity index (χ0v) is 19.0. The molecule has 3 aromatic heterocycles. The maximum atomic E-state index is 12.3. The minimum Gasteiger partial charge on any atom is -0.457 e. The van der Waals surface area contributed by atoms with Crippen molar-refractivity contribution in [2.75, 3.05) is 16.8 Å². The molecule has 0 fully saturated rings. The molecule has 0 aliphatic rings. The monoisotopic (exact) mass is 493 g/mol. The average Bonchev–Trinajstić information content (AvgIpc) is 3.22. The summed E-state index contributed by atoms with van der Waals surface area (Å²) in [7, 11) is 0. The Balaban J connectivity index is 1.22. The third-order valence-corrected chi connectivity index (χ3v) is 5.81. The number of aromatic nitrogens is 5. The van der Waals surface area contributed by atoms with Crippen molar-refractivity contribution in [3.8, 4) is 0 Å². The molecule has 0 radical (unpaired) electrons. The first-order valence-electron chi connectivity index (χ1n) is 9.99. The lowest BCUT2D eigenvalue weighted by molar-refractivity contribution is -0.141. The minimum absolute atomic E-state index is 0.000140. The molecule has 0 unspecified atom stereocenters. The topological polar surface area (TPSA) is 142 Å². The summed E-state index contributed by atoms with van der Waals surface area (Å²) < 4.78 is 11.2. The molecule has 5 aromatic rings. The van der Waals surface area contributed by atoms with Crippen LogP contribution in [0, 0.1) is 0 Å². The number of carbonyl (C=O) groups is 1. The van der Waals surface area contributed by atoms with E-state index in [0.29, 0.717) is 26.7 Å². The molecule has 0 saturated heterocycles. The Morgan fingerprint density at radius 3 is 2.76 bits per heavy atom. The number of furan rings is 1. The molecule has 12 heteroatoms. The summed E-state index contributed by atoms with van der Waals surface area (Å²) in [5.74, 6) is -0.0219. The van der Waals surface area contributed by atoms with Crippen molar-refractivity contribution in [2.45, 2.75) is 11.6 Å². The summed E-state index contributed by atoms with van der Waals surface area (Å²) in [4.78, 5) is 33.2. The minimum atomic E-state index is -0.473. The van der Waals surface area contributed by atoms with E-state index in [1.165, 1.54) is 18.1 Å². The number of anilines is 3. The number of hydrogen-bond acceptors (Lipinski definition) is 11. The Hall–Kier alpha value is -3.96. The number of esters is 1. The van der Waals surface area contributed by atoms with Crippen LogP contribution >= 0.6 is 23.4 Å². The van der Waals surface area contributed by atoms with Gasteiger partial charge in [0.15, 0.2) is 18.0 Å². The lowest BCUT2D eigenvalue weighted by atomic mass is 10.2. The van der Waals surface area contributed by atoms with E-state index in [2.05, 4.69) is 30.2 Å². The molecule has 0 saturated carbocycles. The van der Waals surface area contributed by atoms with Gasteiger partial charge in [0.2, 0.25) is 11.9 Å². The highest BCUT2D eigenvalue weighted by atomic mass is 35.5. The van der Waals surface area contributed by atoms with Crippen LogP contribution in [-0.4, -0.2) is 36.6 Å². The van der Waals surface area contributed by atoms with Gasteiger partial charge in [0.05, 0.1) is 5.75 Å². The average molecular weight is 494 g/mol. The second-order valence-corrected chi connectivity index (χ2v) is 8.37. The molecule has 0 atom stereocenters. The van der Waals surface area contributed by atoms with Crippen LogP contribution in [0.5, 0.6) is 0 Å². The van der Waals surface area contributed by atoms with Crippen molar-refractivity contribution in [3.63, 3.8) is 0 Å². The van der Waals surface area contributed by atoms with E-state index in [4.69, 9.17) is 26.5 Å². The highest BCUT2D eigenvalue weighted by molar-refractivity contribution is 8.00. The number of halogens is 1. The number of rotatable bonds is 7. The van der Waals surface area contributed by atoms with Gasteiger partial charge in [-0.25, -0.2) is 9.97 Å². The van der Waals surface area contributed by atoms with Gasteiger partial charge in [-0.1, -0.05) is 35.5 Å². The van der Waals surface area contributed by atoms with E-state index in [0.717, 1.165) is 11.1 Å². The predicted octanol–water partition coefficient (Wildman–Crippen LogP) is 4.38. The summed E-state index contributed by atoms with van der Waals surface area (Å²) in [5.41, 5.74) is 8.42. The molecule has 3 N–H and O–H groups in total. The Morgan fingerprint density at radius 2 is 1.91 bits per heavy atom. The Labute approximate surface area is 201 Å². The summed E-state index contributed by atoms with van der Waals surface area (Å²) in [6.07, 6.45) is 1.45. The van der Waals surface area contributed by atoms with Gasteiger partial charge < -0.3 is 20.2 Å². The highest BCUT2D eigenvalue weighted by Crippen LogP contribution is 2.32. The fraction of sp³-hybridized carbons (Fsp3) is 0.0909. The lowest BCUT2D eigenvalue weighted by Crippen LogP contribution is -2.12. The highest BCUT2D eigenvalue weighted by Gasteiger charge is 2.15. The van der Waals surface area contributed by atoms with Gasteiger partial charge in [-0.05, 0) is 36.4 Å². The first kappa shape index (κ1) is 21.9. The maximum absolute atomic E-state index is 12.3. The third kappa shape index (κ3) is 4.85. The summed E-state index contributed by atoms with van der Waals surface area (Å²) in [5, 5.41) is 5.05. The van der Waals surface area contributed by atoms with Crippen molar-refractivity contribution in [1.82, 2.24) is 24.9 Å². The Bertz CT molecular complexity index is 1490. The van der Waals surface area contributed by atoms with E-state index < -0.39 is 5.97 Å². The number of fused-ring (bicyclic) bond motifs is 3. The summed E-state index contributed by atoms with van der Waals surface area (Å²) >= 11 is 7.09.